The Balaban J connectivity index is 1.20. The molecule has 3 aliphatic rings. The first-order chi connectivity index (χ1) is 20.9. The van der Waals surface area contributed by atoms with Crippen LogP contribution < -0.4 is 11.3 Å². The molecule has 20 nitrogen and oxygen atoms in total. The maximum absolute atomic E-state index is 15.8. The molecule has 1 saturated carbocycles. The number of nitrogen functional groups attached to an aromatic ring is 1. The Morgan fingerprint density at radius 2 is 1.64 bits per heavy atom. The van der Waals surface area contributed by atoms with E-state index in [1.807, 2.05) is 0 Å². The number of anilines is 1. The van der Waals surface area contributed by atoms with Crippen molar-refractivity contribution in [2.24, 2.45) is 5.92 Å². The van der Waals surface area contributed by atoms with Gasteiger partial charge in [0.1, 0.15) is 42.4 Å². The lowest BCUT2D eigenvalue weighted by Crippen LogP contribution is -2.36. The number of hydrogen-bond donors (Lipinski definition) is 5. The lowest BCUT2D eigenvalue weighted by atomic mass is 10.1. The van der Waals surface area contributed by atoms with Gasteiger partial charge in [0.15, 0.2) is 28.9 Å². The molecule has 2 bridgehead atoms. The molecule has 0 spiro atoms. The van der Waals surface area contributed by atoms with Crippen molar-refractivity contribution >= 4 is 43.8 Å². The molecule has 0 amide bonds. The number of phosphoric ester groups is 2. The van der Waals surface area contributed by atoms with Gasteiger partial charge in [0, 0.05) is 5.92 Å². The first kappa shape index (κ1) is 29.5. The molecule has 6 heterocycles. The number of phosphoric acid groups is 2. The number of rotatable bonds is 2. The first-order valence-electron chi connectivity index (χ1n) is 13.0. The number of nitrogens with two attached hydrogens (primary N) is 1. The lowest BCUT2D eigenvalue weighted by Gasteiger charge is -2.26. The molecule has 2 unspecified atom stereocenters. The average Bonchev–Trinajstić information content (AvgIpc) is 3.73. The molecular formula is C21H24FN9O11P2. The van der Waals surface area contributed by atoms with Crippen LogP contribution in [0.25, 0.3) is 22.3 Å². The number of aliphatic hydroxyl groups is 1. The summed E-state index contributed by atoms with van der Waals surface area (Å²) in [5, 5.41) is 11.1. The summed E-state index contributed by atoms with van der Waals surface area (Å²) in [6.07, 6.45) is -5.27. The Bertz CT molecular complexity index is 1890. The van der Waals surface area contributed by atoms with Crippen molar-refractivity contribution in [1.29, 1.82) is 0 Å². The molecule has 0 aromatic carbocycles. The number of nitrogens with zero attached hydrogens (tertiary/aromatic N) is 7. The molecular weight excluding hydrogens is 635 g/mol. The highest BCUT2D eigenvalue weighted by atomic mass is 31.2. The molecule has 23 heteroatoms. The highest BCUT2D eigenvalue weighted by Gasteiger charge is 2.53. The van der Waals surface area contributed by atoms with Gasteiger partial charge in [-0.25, -0.2) is 38.4 Å². The molecule has 3 fully saturated rings. The molecule has 236 valence electrons. The Morgan fingerprint density at radius 3 is 2.43 bits per heavy atom. The largest absolute Gasteiger partial charge is 0.472 e. The lowest BCUT2D eigenvalue weighted by molar-refractivity contribution is -0.0536. The zero-order valence-corrected chi connectivity index (χ0v) is 23.9. The van der Waals surface area contributed by atoms with Gasteiger partial charge in [-0.1, -0.05) is 0 Å². The van der Waals surface area contributed by atoms with Crippen molar-refractivity contribution in [3.8, 4) is 0 Å². The fourth-order valence-corrected chi connectivity index (χ4v) is 7.69. The van der Waals surface area contributed by atoms with Crippen LogP contribution >= 0.6 is 15.6 Å². The van der Waals surface area contributed by atoms with Crippen molar-refractivity contribution in [3.63, 3.8) is 0 Å². The van der Waals surface area contributed by atoms with E-state index in [0.29, 0.717) is 0 Å². The predicted molar refractivity (Wildman–Crippen MR) is 141 cm³/mol. The summed E-state index contributed by atoms with van der Waals surface area (Å²) in [5.41, 5.74) is 5.58. The van der Waals surface area contributed by atoms with E-state index in [4.69, 9.17) is 28.6 Å². The van der Waals surface area contributed by atoms with Gasteiger partial charge in [0.2, 0.25) is 0 Å². The van der Waals surface area contributed by atoms with Crippen LogP contribution in [0.1, 0.15) is 18.7 Å². The smallest absolute Gasteiger partial charge is 0.386 e. The number of imidazole rings is 2. The Kier molecular flexibility index (Phi) is 7.16. The number of aromatic nitrogens is 8. The van der Waals surface area contributed by atoms with Crippen molar-refractivity contribution in [2.45, 2.75) is 49.3 Å². The van der Waals surface area contributed by atoms with Gasteiger partial charge in [0.25, 0.3) is 5.56 Å². The molecule has 44 heavy (non-hydrogen) atoms. The van der Waals surface area contributed by atoms with Crippen LogP contribution in [0.4, 0.5) is 10.2 Å². The SMILES string of the molecule is Nc1ncnc2c1ncn2[C@@H]1O[C@@H]2COP(=O)(O)O[C@@H]3[C@@H](F)[C@@H](COP(=O)(O)O[C@H]2[C@H]1O)C[C@H]3n1cnc2c(=O)[nH]cnc21. The maximum Gasteiger partial charge on any atom is 0.472 e. The third-order valence-electron chi connectivity index (χ3n) is 7.74. The summed E-state index contributed by atoms with van der Waals surface area (Å²) in [4.78, 5) is 55.9. The average molecular weight is 659 g/mol. The van der Waals surface area contributed by atoms with Gasteiger partial charge < -0.3 is 34.9 Å². The maximum atomic E-state index is 15.8. The molecule has 2 aliphatic heterocycles. The molecule has 4 aromatic rings. The number of H-pyrrole nitrogens is 1. The summed E-state index contributed by atoms with van der Waals surface area (Å²) >= 11 is 0. The van der Waals surface area contributed by atoms with Crippen LogP contribution in [0.3, 0.4) is 0 Å². The number of nitrogens with one attached hydrogen (secondary N) is 1. The van der Waals surface area contributed by atoms with Gasteiger partial charge in [-0.15, -0.1) is 0 Å². The highest BCUT2D eigenvalue weighted by molar-refractivity contribution is 7.47. The van der Waals surface area contributed by atoms with Crippen LogP contribution in [0.15, 0.2) is 30.1 Å². The number of ether oxygens (including phenoxy) is 1. The third kappa shape index (κ3) is 5.04. The summed E-state index contributed by atoms with van der Waals surface area (Å²) < 4.78 is 71.3. The zero-order chi connectivity index (χ0) is 31.0. The highest BCUT2D eigenvalue weighted by Crippen LogP contribution is 2.55. The zero-order valence-electron chi connectivity index (χ0n) is 22.1. The van der Waals surface area contributed by atoms with Crippen molar-refractivity contribution in [1.82, 2.24) is 39.0 Å². The van der Waals surface area contributed by atoms with Gasteiger partial charge in [0.05, 0.1) is 38.2 Å². The van der Waals surface area contributed by atoms with Gasteiger partial charge in [-0.2, -0.15) is 0 Å². The monoisotopic (exact) mass is 659 g/mol. The third-order valence-corrected chi connectivity index (χ3v) is 9.71. The fraction of sp³-hybridized carbons (Fsp3) is 0.524. The summed E-state index contributed by atoms with van der Waals surface area (Å²) in [7, 11) is -10.1. The molecule has 4 aromatic heterocycles. The van der Waals surface area contributed by atoms with Crippen molar-refractivity contribution < 1.29 is 51.2 Å². The second kappa shape index (κ2) is 10.7. The number of alkyl halides is 1. The van der Waals surface area contributed by atoms with Gasteiger partial charge in [-0.3, -0.25) is 27.5 Å². The van der Waals surface area contributed by atoms with E-state index < -0.39 is 83.2 Å². The van der Waals surface area contributed by atoms with E-state index in [0.717, 1.165) is 12.7 Å². The fourth-order valence-electron chi connectivity index (χ4n) is 5.72. The van der Waals surface area contributed by atoms with Crippen LogP contribution in [0.2, 0.25) is 0 Å². The topological polar surface area (TPSA) is 274 Å². The van der Waals surface area contributed by atoms with E-state index in [-0.39, 0.29) is 34.6 Å². The molecule has 10 atom stereocenters. The quantitative estimate of drug-likeness (QED) is 0.173. The molecule has 0 radical (unpaired) electrons. The van der Waals surface area contributed by atoms with Crippen molar-refractivity contribution in [2.75, 3.05) is 18.9 Å². The van der Waals surface area contributed by atoms with E-state index in [2.05, 4.69) is 29.9 Å². The van der Waals surface area contributed by atoms with Crippen LogP contribution in [-0.4, -0.2) is 97.7 Å². The summed E-state index contributed by atoms with van der Waals surface area (Å²) in [5.74, 6) is -1.12. The van der Waals surface area contributed by atoms with Gasteiger partial charge >= 0.3 is 15.6 Å². The number of halogens is 1. The van der Waals surface area contributed by atoms with E-state index in [9.17, 15) is 28.8 Å². The van der Waals surface area contributed by atoms with E-state index in [1.165, 1.54) is 21.8 Å². The van der Waals surface area contributed by atoms with Crippen LogP contribution in [0, 0.1) is 5.92 Å². The van der Waals surface area contributed by atoms with Crippen molar-refractivity contribution in [3.05, 3.63) is 35.7 Å². The Hall–Kier alpha value is -3.23. The summed E-state index contributed by atoms with van der Waals surface area (Å²) in [6, 6.07) is -1.06. The number of hydrogen-bond acceptors (Lipinski definition) is 15. The molecule has 1 aliphatic carbocycles. The van der Waals surface area contributed by atoms with Crippen LogP contribution in [0.5, 0.6) is 0 Å². The summed E-state index contributed by atoms with van der Waals surface area (Å²) in [6.45, 7) is -1.51. The molecule has 6 N–H and O–H groups in total. The standard InChI is InChI=1S/C21H24FN9O11P2/c22-11-8-1-9(30-6-29-13-19(30)26-5-27-20(13)33)15(11)41-44(36,37)39-3-10-16(42-43(34,35)38-2-8)14(32)21(40-10)31-7-28-12-17(23)24-4-25-18(12)31/h4-11,14-16,21,32H,1-3H2,(H,34,35)(H,36,37)(H2,23,24,25)(H,26,27,33)/t8-,9-,10-,11+,14-,15+,16-,21-/m1/s1. The predicted octanol–water partition coefficient (Wildman–Crippen LogP) is -0.283. The molecule has 2 saturated heterocycles. The Labute approximate surface area is 244 Å². The normalized spacial score (nSPS) is 38.3. The first-order valence-corrected chi connectivity index (χ1v) is 16.0. The second-order valence-electron chi connectivity index (χ2n) is 10.4. The van der Waals surface area contributed by atoms with E-state index in [1.54, 1.807) is 0 Å². The molecule has 7 rings (SSSR count). The Morgan fingerprint density at radius 1 is 0.955 bits per heavy atom. The van der Waals surface area contributed by atoms with Crippen LogP contribution in [-0.2, 0) is 32.0 Å². The number of aliphatic hydroxyl groups excluding tert-OH is 1. The van der Waals surface area contributed by atoms with Gasteiger partial charge in [-0.05, 0) is 6.42 Å². The second-order valence-corrected chi connectivity index (χ2v) is 13.2. The minimum Gasteiger partial charge on any atom is -0.386 e. The number of aromatic amines is 1. The number of fused-ring (bicyclic) bond motifs is 5. The van der Waals surface area contributed by atoms with E-state index >= 15 is 4.39 Å². The minimum absolute atomic E-state index is 0.0420. The minimum atomic E-state index is -5.08.